The van der Waals surface area contributed by atoms with E-state index in [2.05, 4.69) is 25.2 Å². The Kier molecular flexibility index (Phi) is 11.9. The van der Waals surface area contributed by atoms with Crippen molar-refractivity contribution in [3.63, 3.8) is 0 Å². The molecule has 0 radical (unpaired) electrons. The van der Waals surface area contributed by atoms with E-state index < -0.39 is 7.05 Å². The van der Waals surface area contributed by atoms with Crippen LogP contribution >= 0.6 is 27.3 Å². The molecular weight excluding hydrogens is 489 g/mol. The van der Waals surface area contributed by atoms with Gasteiger partial charge in [-0.15, -0.1) is 11.7 Å². The molecule has 0 spiro atoms. The van der Waals surface area contributed by atoms with Gasteiger partial charge >= 0.3 is 33.2 Å². The molecule has 0 amide bonds. The first-order valence-electron chi connectivity index (χ1n) is 12.7. The van der Waals surface area contributed by atoms with E-state index in [1.165, 1.54) is 102 Å². The van der Waals surface area contributed by atoms with Crippen molar-refractivity contribution >= 4 is 27.3 Å². The van der Waals surface area contributed by atoms with Gasteiger partial charge in [-0.1, -0.05) is 82.9 Å². The molecular formula is C25H42Cl2CoN2P. The molecule has 0 bridgehead atoms. The first-order valence-corrected chi connectivity index (χ1v) is 17.5. The number of allylic oxidation sites excluding steroid dienone is 2. The number of nitrogens with zero attached hydrogens (tertiary/aromatic N) is 2. The molecule has 31 heavy (non-hydrogen) atoms. The Morgan fingerprint density at radius 2 is 1.26 bits per heavy atom. The molecule has 6 heteroatoms. The van der Waals surface area contributed by atoms with Gasteiger partial charge in [-0.2, -0.15) is 0 Å². The maximum absolute atomic E-state index is 5.90. The minimum absolute atomic E-state index is 0.335. The second kappa shape index (κ2) is 14.1. The summed E-state index contributed by atoms with van der Waals surface area (Å²) < 4.78 is 5.90. The zero-order valence-corrected chi connectivity index (χ0v) is 22.7. The van der Waals surface area contributed by atoms with Gasteiger partial charge in [0.15, 0.2) is 0 Å². The first-order chi connectivity index (χ1) is 15.2. The van der Waals surface area contributed by atoms with E-state index in [0.717, 1.165) is 23.5 Å². The van der Waals surface area contributed by atoms with E-state index in [4.69, 9.17) is 30.4 Å². The summed E-state index contributed by atoms with van der Waals surface area (Å²) >= 11 is 0.382. The Hall–Kier alpha value is 0.596. The average molecular weight is 531 g/mol. The van der Waals surface area contributed by atoms with Crippen molar-refractivity contribution in [2.45, 2.75) is 126 Å². The van der Waals surface area contributed by atoms with Crippen LogP contribution in [0.5, 0.6) is 0 Å². The van der Waals surface area contributed by atoms with Crippen LogP contribution in [-0.4, -0.2) is 29.6 Å². The molecule has 4 aliphatic rings. The van der Waals surface area contributed by atoms with Crippen LogP contribution in [0.4, 0.5) is 0 Å². The molecule has 1 atom stereocenters. The van der Waals surface area contributed by atoms with E-state index in [1.54, 1.807) is 0 Å². The van der Waals surface area contributed by atoms with E-state index in [9.17, 15) is 0 Å². The number of hydrogen-bond donors (Lipinski definition) is 0. The summed E-state index contributed by atoms with van der Waals surface area (Å²) in [5, 5.41) is 4.92. The molecule has 0 aromatic carbocycles. The van der Waals surface area contributed by atoms with Crippen LogP contribution in [0, 0.1) is 0 Å². The van der Waals surface area contributed by atoms with Crippen LogP contribution < -0.4 is 0 Å². The van der Waals surface area contributed by atoms with Crippen molar-refractivity contribution in [3.8, 4) is 0 Å². The van der Waals surface area contributed by atoms with E-state index in [-0.39, 0.29) is 0 Å². The van der Waals surface area contributed by atoms with Crippen molar-refractivity contribution < 1.29 is 12.9 Å². The molecule has 1 unspecified atom stereocenters. The Morgan fingerprint density at radius 1 is 0.839 bits per heavy atom. The molecule has 1 heterocycles. The minimum atomic E-state index is -1.31. The van der Waals surface area contributed by atoms with Crippen LogP contribution in [0.2, 0.25) is 0 Å². The molecule has 4 rings (SSSR count). The zero-order valence-electron chi connectivity index (χ0n) is 19.3. The summed E-state index contributed by atoms with van der Waals surface area (Å²) in [6.07, 6.45) is 28.8. The summed E-state index contributed by atoms with van der Waals surface area (Å²) in [5.41, 5.74) is 4.10. The van der Waals surface area contributed by atoms with Crippen molar-refractivity contribution in [1.82, 2.24) is 0 Å². The van der Waals surface area contributed by atoms with Gasteiger partial charge in [0.05, 0.1) is 0 Å². The number of halogens is 2. The molecule has 0 aromatic heterocycles. The van der Waals surface area contributed by atoms with Crippen LogP contribution in [0.15, 0.2) is 28.7 Å². The van der Waals surface area contributed by atoms with Crippen LogP contribution in [0.25, 0.3) is 5.32 Å². The van der Waals surface area contributed by atoms with Crippen molar-refractivity contribution in [3.05, 3.63) is 29.2 Å². The normalized spacial score (nSPS) is 26.5. The average Bonchev–Trinajstić information content (AvgIpc) is 2.82. The summed E-state index contributed by atoms with van der Waals surface area (Å²) in [7, 11) is 8.16. The van der Waals surface area contributed by atoms with Crippen molar-refractivity contribution in [2.24, 2.45) is 4.74 Å². The van der Waals surface area contributed by atoms with E-state index in [1.807, 2.05) is 0 Å². The second-order valence-corrected chi connectivity index (χ2v) is 15.7. The second-order valence-electron chi connectivity index (χ2n) is 9.93. The van der Waals surface area contributed by atoms with Gasteiger partial charge in [0, 0.05) is 6.54 Å². The fourth-order valence-corrected chi connectivity index (χ4v) is 13.1. The molecule has 1 aliphatic heterocycles. The summed E-state index contributed by atoms with van der Waals surface area (Å²) in [5.74, 6) is 0. The van der Waals surface area contributed by atoms with Gasteiger partial charge in [0.25, 0.3) is 0 Å². The third-order valence-electron chi connectivity index (χ3n) is 8.00. The van der Waals surface area contributed by atoms with E-state index in [0.29, 0.717) is 18.9 Å². The molecule has 0 aromatic rings. The van der Waals surface area contributed by atoms with Gasteiger partial charge < -0.3 is 5.32 Å². The van der Waals surface area contributed by atoms with Crippen LogP contribution in [0.3, 0.4) is 0 Å². The van der Waals surface area contributed by atoms with Crippen molar-refractivity contribution in [1.29, 1.82) is 0 Å². The Balaban J connectivity index is 0.000000858. The molecule has 3 fully saturated rings. The van der Waals surface area contributed by atoms with E-state index >= 15 is 0 Å². The van der Waals surface area contributed by atoms with Crippen molar-refractivity contribution in [2.75, 3.05) is 6.54 Å². The van der Waals surface area contributed by atoms with Gasteiger partial charge in [-0.25, -0.2) is 0 Å². The standard InChI is InChI=1S/C25H42N2P.2ClH.Co/c1-21-12-11-13-22(27-21)20-26-28(23-14-5-2-6-15-23,24-16-7-3-8-17-24)25-18-9-4-10-19-25;;;/h11-13,21,23-25H,2-10,14-20H2,1H3;2*1H;/q-1;;;+3/p-2. The number of rotatable bonds is 5. The third-order valence-corrected chi connectivity index (χ3v) is 13.7. The Morgan fingerprint density at radius 3 is 1.65 bits per heavy atom. The number of hydrogen-bond acceptors (Lipinski definition) is 1. The molecule has 0 N–H and O–H groups in total. The zero-order chi connectivity index (χ0) is 21.9. The molecule has 0 saturated heterocycles. The van der Waals surface area contributed by atoms with Gasteiger partial charge in [0.2, 0.25) is 0 Å². The topological polar surface area (TPSA) is 26.5 Å². The molecule has 3 saturated carbocycles. The fourth-order valence-electron chi connectivity index (χ4n) is 6.69. The van der Waals surface area contributed by atoms with Crippen LogP contribution in [0.1, 0.15) is 103 Å². The van der Waals surface area contributed by atoms with Gasteiger partial charge in [0.1, 0.15) is 0 Å². The quantitative estimate of drug-likeness (QED) is 0.316. The third kappa shape index (κ3) is 7.29. The molecule has 180 valence electrons. The Labute approximate surface area is 206 Å². The first kappa shape index (κ1) is 26.2. The van der Waals surface area contributed by atoms with Gasteiger partial charge in [-0.05, 0) is 62.6 Å². The molecule has 2 nitrogen and oxygen atoms in total. The summed E-state index contributed by atoms with van der Waals surface area (Å²) in [6.45, 7) is 3.11. The maximum atomic E-state index is 5.90. The fraction of sp³-hybridized carbons (Fsp3) is 0.840. The molecule has 3 aliphatic carbocycles. The predicted octanol–water partition coefficient (Wildman–Crippen LogP) is 9.78. The SMILES string of the molecule is CC1C=CC=C(CN=P(C2CCCCC2)(C2CCCCC2)C2CCCCC2)[N-]1.[Cl][Co+][Cl]. The monoisotopic (exact) mass is 530 g/mol. The van der Waals surface area contributed by atoms with Gasteiger partial charge in [-0.3, -0.25) is 4.74 Å². The van der Waals surface area contributed by atoms with Crippen LogP contribution in [-0.2, 0) is 12.9 Å². The summed E-state index contributed by atoms with van der Waals surface area (Å²) in [6, 6.07) is 0.335. The predicted molar refractivity (Wildman–Crippen MR) is 137 cm³/mol. The summed E-state index contributed by atoms with van der Waals surface area (Å²) in [4.78, 5) is 0. The Bertz CT molecular complexity index is 581.